The highest BCUT2D eigenvalue weighted by Crippen LogP contribution is 2.22. The summed E-state index contributed by atoms with van der Waals surface area (Å²) in [4.78, 5) is 0. The molecule has 0 aliphatic carbocycles. The second kappa shape index (κ2) is 5.76. The molecule has 1 heterocycles. The van der Waals surface area contributed by atoms with Crippen molar-refractivity contribution in [1.29, 1.82) is 0 Å². The molecular formula is C16H20O2. The number of hydrogen-bond donors (Lipinski definition) is 0. The van der Waals surface area contributed by atoms with E-state index in [4.69, 9.17) is 9.15 Å². The molecular weight excluding hydrogens is 224 g/mol. The van der Waals surface area contributed by atoms with Gasteiger partial charge in [-0.3, -0.25) is 0 Å². The Bertz CT molecular complexity index is 482. The molecule has 0 aliphatic heterocycles. The molecule has 2 rings (SSSR count). The average molecular weight is 244 g/mol. The zero-order chi connectivity index (χ0) is 13.0. The molecule has 0 N–H and O–H groups in total. The van der Waals surface area contributed by atoms with Crippen molar-refractivity contribution in [3.05, 3.63) is 53.5 Å². The zero-order valence-corrected chi connectivity index (χ0v) is 11.3. The molecule has 0 spiro atoms. The molecule has 18 heavy (non-hydrogen) atoms. The predicted octanol–water partition coefficient (Wildman–Crippen LogP) is 4.68. The van der Waals surface area contributed by atoms with E-state index in [1.54, 1.807) is 0 Å². The minimum absolute atomic E-state index is 0.483. The zero-order valence-electron chi connectivity index (χ0n) is 11.3. The van der Waals surface area contributed by atoms with Crippen molar-refractivity contribution in [2.45, 2.75) is 39.7 Å². The minimum atomic E-state index is 0.483. The summed E-state index contributed by atoms with van der Waals surface area (Å²) in [7, 11) is 0. The molecule has 0 bridgehead atoms. The predicted molar refractivity (Wildman–Crippen MR) is 72.9 cm³/mol. The highest BCUT2D eigenvalue weighted by Gasteiger charge is 2.04. The third kappa shape index (κ3) is 3.16. The molecule has 1 unspecified atom stereocenters. The molecule has 0 amide bonds. The summed E-state index contributed by atoms with van der Waals surface area (Å²) in [6.07, 6.45) is 1.16. The summed E-state index contributed by atoms with van der Waals surface area (Å²) >= 11 is 0. The molecule has 2 heteroatoms. The van der Waals surface area contributed by atoms with Crippen LogP contribution in [0.5, 0.6) is 5.75 Å². The van der Waals surface area contributed by atoms with Crippen LogP contribution >= 0.6 is 0 Å². The van der Waals surface area contributed by atoms with Crippen LogP contribution < -0.4 is 4.74 Å². The average Bonchev–Trinajstić information content (AvgIpc) is 2.82. The van der Waals surface area contributed by atoms with E-state index in [-0.39, 0.29) is 0 Å². The van der Waals surface area contributed by atoms with Gasteiger partial charge in [0.25, 0.3) is 0 Å². The first kappa shape index (κ1) is 12.7. The van der Waals surface area contributed by atoms with Gasteiger partial charge in [-0.2, -0.15) is 0 Å². The maximum Gasteiger partial charge on any atom is 0.146 e. The van der Waals surface area contributed by atoms with E-state index < -0.39 is 0 Å². The van der Waals surface area contributed by atoms with Crippen molar-refractivity contribution in [3.63, 3.8) is 0 Å². The van der Waals surface area contributed by atoms with Gasteiger partial charge in [-0.1, -0.05) is 26.0 Å². The Kier molecular flexibility index (Phi) is 4.08. The molecule has 1 atom stereocenters. The Morgan fingerprint density at radius 1 is 1.11 bits per heavy atom. The Balaban J connectivity index is 1.94. The van der Waals surface area contributed by atoms with Crippen LogP contribution in [-0.2, 0) is 6.61 Å². The maximum atomic E-state index is 5.68. The first-order chi connectivity index (χ1) is 8.69. The molecule has 1 aromatic heterocycles. The van der Waals surface area contributed by atoms with Crippen molar-refractivity contribution >= 4 is 0 Å². The van der Waals surface area contributed by atoms with Crippen molar-refractivity contribution in [1.82, 2.24) is 0 Å². The molecule has 96 valence electrons. The van der Waals surface area contributed by atoms with Crippen molar-refractivity contribution in [3.8, 4) is 5.75 Å². The Morgan fingerprint density at radius 3 is 2.39 bits per heavy atom. The van der Waals surface area contributed by atoms with Gasteiger partial charge < -0.3 is 9.15 Å². The quantitative estimate of drug-likeness (QED) is 0.762. The number of benzene rings is 1. The minimum Gasteiger partial charge on any atom is -0.486 e. The van der Waals surface area contributed by atoms with Crippen LogP contribution in [0.2, 0.25) is 0 Å². The van der Waals surface area contributed by atoms with Gasteiger partial charge in [0.2, 0.25) is 0 Å². The first-order valence-electron chi connectivity index (χ1n) is 6.47. The third-order valence-corrected chi connectivity index (χ3v) is 3.24. The topological polar surface area (TPSA) is 22.4 Å². The van der Waals surface area contributed by atoms with E-state index in [2.05, 4.69) is 26.0 Å². The fourth-order valence-electron chi connectivity index (χ4n) is 1.85. The fourth-order valence-corrected chi connectivity index (χ4v) is 1.85. The molecule has 0 radical (unpaired) electrons. The number of ether oxygens (including phenoxy) is 1. The lowest BCUT2D eigenvalue weighted by atomic mass is 9.99. The second-order valence-corrected chi connectivity index (χ2v) is 4.68. The summed E-state index contributed by atoms with van der Waals surface area (Å²) in [6.45, 7) is 6.86. The molecule has 0 saturated carbocycles. The van der Waals surface area contributed by atoms with E-state index in [1.807, 2.05) is 31.2 Å². The molecule has 0 aliphatic rings. The third-order valence-electron chi connectivity index (χ3n) is 3.24. The van der Waals surface area contributed by atoms with Gasteiger partial charge in [0.1, 0.15) is 23.9 Å². The van der Waals surface area contributed by atoms with Gasteiger partial charge in [-0.05, 0) is 49.1 Å². The van der Waals surface area contributed by atoms with E-state index in [9.17, 15) is 0 Å². The van der Waals surface area contributed by atoms with Crippen LogP contribution in [0.25, 0.3) is 0 Å². The van der Waals surface area contributed by atoms with Crippen LogP contribution in [0.3, 0.4) is 0 Å². The van der Waals surface area contributed by atoms with Crippen molar-refractivity contribution in [2.24, 2.45) is 0 Å². The van der Waals surface area contributed by atoms with Crippen LogP contribution in [0, 0.1) is 6.92 Å². The summed E-state index contributed by atoms with van der Waals surface area (Å²) < 4.78 is 11.1. The molecule has 2 nitrogen and oxygen atoms in total. The van der Waals surface area contributed by atoms with E-state index in [1.165, 1.54) is 5.56 Å². The largest absolute Gasteiger partial charge is 0.486 e. The molecule has 1 aromatic carbocycles. The SMILES string of the molecule is CCC(C)c1ccc(OCc2ccc(C)o2)cc1. The van der Waals surface area contributed by atoms with Gasteiger partial charge in [0.05, 0.1) is 0 Å². The lowest BCUT2D eigenvalue weighted by molar-refractivity contribution is 0.267. The smallest absolute Gasteiger partial charge is 0.146 e. The van der Waals surface area contributed by atoms with Crippen LogP contribution in [-0.4, -0.2) is 0 Å². The first-order valence-corrected chi connectivity index (χ1v) is 6.47. The van der Waals surface area contributed by atoms with Gasteiger partial charge >= 0.3 is 0 Å². The second-order valence-electron chi connectivity index (χ2n) is 4.68. The molecule has 0 fully saturated rings. The fraction of sp³-hybridized carbons (Fsp3) is 0.375. The lowest BCUT2D eigenvalue weighted by Gasteiger charge is -2.10. The number of furan rings is 1. The van der Waals surface area contributed by atoms with Gasteiger partial charge in [0.15, 0.2) is 0 Å². The Labute approximate surface area is 109 Å². The van der Waals surface area contributed by atoms with E-state index in [0.29, 0.717) is 12.5 Å². The summed E-state index contributed by atoms with van der Waals surface area (Å²) in [5.74, 6) is 3.27. The van der Waals surface area contributed by atoms with Gasteiger partial charge in [-0.15, -0.1) is 0 Å². The monoisotopic (exact) mass is 244 g/mol. The highest BCUT2D eigenvalue weighted by molar-refractivity contribution is 5.29. The normalized spacial score (nSPS) is 12.4. The van der Waals surface area contributed by atoms with E-state index in [0.717, 1.165) is 23.7 Å². The van der Waals surface area contributed by atoms with Gasteiger partial charge in [0, 0.05) is 0 Å². The standard InChI is InChI=1S/C16H20O2/c1-4-12(2)14-6-9-15(10-7-14)17-11-16-8-5-13(3)18-16/h5-10,12H,4,11H2,1-3H3. The highest BCUT2D eigenvalue weighted by atomic mass is 16.5. The lowest BCUT2D eigenvalue weighted by Crippen LogP contribution is -1.95. The summed E-state index contributed by atoms with van der Waals surface area (Å²) in [5, 5.41) is 0. The summed E-state index contributed by atoms with van der Waals surface area (Å²) in [6, 6.07) is 12.2. The van der Waals surface area contributed by atoms with E-state index >= 15 is 0 Å². The Morgan fingerprint density at radius 2 is 1.83 bits per heavy atom. The van der Waals surface area contributed by atoms with Crippen LogP contribution in [0.4, 0.5) is 0 Å². The van der Waals surface area contributed by atoms with Gasteiger partial charge in [-0.25, -0.2) is 0 Å². The van der Waals surface area contributed by atoms with Crippen LogP contribution in [0.1, 0.15) is 43.3 Å². The number of aryl methyl sites for hydroxylation is 1. The Hall–Kier alpha value is -1.70. The molecule has 0 saturated heterocycles. The number of hydrogen-bond acceptors (Lipinski definition) is 2. The van der Waals surface area contributed by atoms with Crippen molar-refractivity contribution in [2.75, 3.05) is 0 Å². The maximum absolute atomic E-state index is 5.68. The van der Waals surface area contributed by atoms with Crippen LogP contribution in [0.15, 0.2) is 40.8 Å². The summed E-state index contributed by atoms with van der Waals surface area (Å²) in [5.41, 5.74) is 1.36. The number of rotatable bonds is 5. The van der Waals surface area contributed by atoms with Crippen molar-refractivity contribution < 1.29 is 9.15 Å². The molecule has 2 aromatic rings.